The van der Waals surface area contributed by atoms with Crippen LogP contribution in [0, 0.1) is 29.5 Å². The summed E-state index contributed by atoms with van der Waals surface area (Å²) in [4.78, 5) is 17.1. The minimum Gasteiger partial charge on any atom is -0.362 e. The molecule has 2 aromatic carbocycles. The van der Waals surface area contributed by atoms with Gasteiger partial charge in [0.1, 0.15) is 11.9 Å². The maximum atomic E-state index is 13.9. The number of anilines is 1. The molecule has 1 amide bonds. The van der Waals surface area contributed by atoms with E-state index in [1.54, 1.807) is 24.3 Å². The number of benzene rings is 2. The molecule has 0 bridgehead atoms. The zero-order valence-corrected chi connectivity index (χ0v) is 19.3. The van der Waals surface area contributed by atoms with Gasteiger partial charge in [0.05, 0.1) is 10.6 Å². The second-order valence-electron chi connectivity index (χ2n) is 8.91. The summed E-state index contributed by atoms with van der Waals surface area (Å²) in [6.45, 7) is 9.75. The van der Waals surface area contributed by atoms with E-state index in [0.717, 1.165) is 29.7 Å². The van der Waals surface area contributed by atoms with Crippen molar-refractivity contribution in [3.63, 3.8) is 0 Å². The first kappa shape index (κ1) is 23.1. The number of nitrogens with zero attached hydrogens (tertiary/aromatic N) is 3. The number of aryl methyl sites for hydroxylation is 1. The van der Waals surface area contributed by atoms with Gasteiger partial charge in [0.2, 0.25) is 5.91 Å². The van der Waals surface area contributed by atoms with Gasteiger partial charge in [0, 0.05) is 36.8 Å². The Morgan fingerprint density at radius 3 is 2.71 bits per heavy atom. The van der Waals surface area contributed by atoms with Crippen molar-refractivity contribution < 1.29 is 9.18 Å². The first-order chi connectivity index (χ1) is 14.7. The molecule has 0 radical (unpaired) electrons. The fourth-order valence-corrected chi connectivity index (χ4v) is 4.18. The van der Waals surface area contributed by atoms with Crippen LogP contribution < -0.4 is 4.90 Å². The van der Waals surface area contributed by atoms with Gasteiger partial charge in [-0.2, -0.15) is 5.26 Å². The fourth-order valence-electron chi connectivity index (χ4n) is 3.96. The van der Waals surface area contributed by atoms with Crippen molar-refractivity contribution >= 4 is 23.2 Å². The van der Waals surface area contributed by atoms with Gasteiger partial charge in [0.15, 0.2) is 0 Å². The van der Waals surface area contributed by atoms with Crippen molar-refractivity contribution in [2.75, 3.05) is 18.0 Å². The number of likely N-dealkylation sites (tertiary alicyclic amines) is 1. The van der Waals surface area contributed by atoms with E-state index in [9.17, 15) is 14.4 Å². The Morgan fingerprint density at radius 2 is 2.06 bits per heavy atom. The maximum Gasteiger partial charge on any atom is 0.228 e. The summed E-state index contributed by atoms with van der Waals surface area (Å²) in [7, 11) is 0. The Kier molecular flexibility index (Phi) is 6.91. The summed E-state index contributed by atoms with van der Waals surface area (Å²) in [6.07, 6.45) is 1.60. The van der Waals surface area contributed by atoms with E-state index in [4.69, 9.17) is 11.6 Å². The van der Waals surface area contributed by atoms with Gasteiger partial charge in [-0.15, -0.1) is 0 Å². The number of halogens is 2. The van der Waals surface area contributed by atoms with E-state index >= 15 is 0 Å². The minimum atomic E-state index is -0.392. The van der Waals surface area contributed by atoms with Gasteiger partial charge in [0.25, 0.3) is 0 Å². The zero-order chi connectivity index (χ0) is 22.8. The average molecular weight is 442 g/mol. The summed E-state index contributed by atoms with van der Waals surface area (Å²) in [5.74, 6) is -0.108. The highest BCUT2D eigenvalue weighted by molar-refractivity contribution is 6.32. The van der Waals surface area contributed by atoms with Crippen LogP contribution >= 0.6 is 11.6 Å². The molecule has 6 heteroatoms. The monoisotopic (exact) mass is 441 g/mol. The maximum absolute atomic E-state index is 13.9. The smallest absolute Gasteiger partial charge is 0.228 e. The largest absolute Gasteiger partial charge is 0.362 e. The molecule has 4 nitrogen and oxygen atoms in total. The standard InChI is InChI=1S/C25H29ClFN3O/c1-5-25(3,4)24(31)29-11-10-22(16-29)30(15-19-12-20(27)8-6-17(19)2)21-9-7-18(14-28)23(26)13-21/h6-9,12-13,22H,5,10-11,15-16H2,1-4H3. The molecule has 1 unspecified atom stereocenters. The molecule has 0 saturated carbocycles. The van der Waals surface area contributed by atoms with Crippen molar-refractivity contribution in [2.24, 2.45) is 5.41 Å². The molecule has 31 heavy (non-hydrogen) atoms. The fraction of sp³-hybridized carbons (Fsp3) is 0.440. The van der Waals surface area contributed by atoms with Crippen LogP contribution in [0.15, 0.2) is 36.4 Å². The number of rotatable bonds is 6. The van der Waals surface area contributed by atoms with E-state index < -0.39 is 5.41 Å². The number of amides is 1. The first-order valence-corrected chi connectivity index (χ1v) is 11.0. The third-order valence-corrected chi connectivity index (χ3v) is 6.72. The van der Waals surface area contributed by atoms with Gasteiger partial charge in [-0.1, -0.05) is 38.4 Å². The Bertz CT molecular complexity index is 1010. The van der Waals surface area contributed by atoms with Crippen LogP contribution in [0.3, 0.4) is 0 Å². The Balaban J connectivity index is 1.93. The molecule has 0 spiro atoms. The predicted octanol–water partition coefficient (Wildman–Crippen LogP) is 5.70. The molecule has 1 heterocycles. The first-order valence-electron chi connectivity index (χ1n) is 10.7. The van der Waals surface area contributed by atoms with Crippen molar-refractivity contribution in [2.45, 2.75) is 53.1 Å². The van der Waals surface area contributed by atoms with Crippen LogP contribution in [0.2, 0.25) is 5.02 Å². The van der Waals surface area contributed by atoms with Gasteiger partial charge >= 0.3 is 0 Å². The highest BCUT2D eigenvalue weighted by atomic mass is 35.5. The average Bonchev–Trinajstić information content (AvgIpc) is 3.23. The third kappa shape index (κ3) is 5.02. The molecule has 1 saturated heterocycles. The molecule has 2 aromatic rings. The summed E-state index contributed by atoms with van der Waals surface area (Å²) < 4.78 is 13.9. The summed E-state index contributed by atoms with van der Waals surface area (Å²) in [5.41, 5.74) is 2.78. The minimum absolute atomic E-state index is 0.0725. The molecule has 1 aliphatic rings. The highest BCUT2D eigenvalue weighted by Crippen LogP contribution is 2.32. The van der Waals surface area contributed by atoms with E-state index in [2.05, 4.69) is 11.0 Å². The van der Waals surface area contributed by atoms with Crippen LogP contribution in [-0.2, 0) is 11.3 Å². The second kappa shape index (κ2) is 9.28. The Labute approximate surface area is 189 Å². The molecule has 0 N–H and O–H groups in total. The predicted molar refractivity (Wildman–Crippen MR) is 123 cm³/mol. The summed E-state index contributed by atoms with van der Waals surface area (Å²) in [6, 6.07) is 12.3. The van der Waals surface area contributed by atoms with E-state index in [1.165, 1.54) is 6.07 Å². The number of carbonyl (C=O) groups excluding carboxylic acids is 1. The number of hydrogen-bond acceptors (Lipinski definition) is 3. The topological polar surface area (TPSA) is 47.3 Å². The number of nitriles is 1. The lowest BCUT2D eigenvalue weighted by molar-refractivity contribution is -0.139. The van der Waals surface area contributed by atoms with Gasteiger partial charge in [-0.25, -0.2) is 4.39 Å². The molecular weight excluding hydrogens is 413 g/mol. The molecular formula is C25H29ClFN3O. The quantitative estimate of drug-likeness (QED) is 0.577. The van der Waals surface area contributed by atoms with E-state index in [-0.39, 0.29) is 17.8 Å². The third-order valence-electron chi connectivity index (χ3n) is 6.41. The summed E-state index contributed by atoms with van der Waals surface area (Å²) in [5, 5.41) is 9.61. The SMILES string of the molecule is CCC(C)(C)C(=O)N1CCC(N(Cc2cc(F)ccc2C)c2ccc(C#N)c(Cl)c2)C1. The van der Waals surface area contributed by atoms with Crippen LogP contribution in [0.25, 0.3) is 0 Å². The summed E-state index contributed by atoms with van der Waals surface area (Å²) >= 11 is 6.32. The van der Waals surface area contributed by atoms with Crippen molar-refractivity contribution in [3.05, 3.63) is 63.9 Å². The van der Waals surface area contributed by atoms with E-state index in [1.807, 2.05) is 38.7 Å². The molecule has 1 atom stereocenters. The van der Waals surface area contributed by atoms with Crippen LogP contribution in [0.1, 0.15) is 50.3 Å². The van der Waals surface area contributed by atoms with Crippen molar-refractivity contribution in [3.8, 4) is 6.07 Å². The lowest BCUT2D eigenvalue weighted by Crippen LogP contribution is -2.42. The van der Waals surface area contributed by atoms with Crippen LogP contribution in [0.4, 0.5) is 10.1 Å². The molecule has 0 aromatic heterocycles. The normalized spacial score (nSPS) is 16.3. The Hall–Kier alpha value is -2.58. The van der Waals surface area contributed by atoms with E-state index in [0.29, 0.717) is 30.2 Å². The van der Waals surface area contributed by atoms with Crippen LogP contribution in [-0.4, -0.2) is 29.9 Å². The second-order valence-corrected chi connectivity index (χ2v) is 9.31. The van der Waals surface area contributed by atoms with Crippen molar-refractivity contribution in [1.29, 1.82) is 5.26 Å². The van der Waals surface area contributed by atoms with Gasteiger partial charge in [-0.3, -0.25) is 4.79 Å². The number of hydrogen-bond donors (Lipinski definition) is 0. The Morgan fingerprint density at radius 1 is 1.32 bits per heavy atom. The van der Waals surface area contributed by atoms with Gasteiger partial charge in [-0.05, 0) is 61.2 Å². The molecule has 1 fully saturated rings. The van der Waals surface area contributed by atoms with Crippen molar-refractivity contribution in [1.82, 2.24) is 4.90 Å². The van der Waals surface area contributed by atoms with Gasteiger partial charge < -0.3 is 9.80 Å². The highest BCUT2D eigenvalue weighted by Gasteiger charge is 2.36. The zero-order valence-electron chi connectivity index (χ0n) is 18.6. The lowest BCUT2D eigenvalue weighted by Gasteiger charge is -2.33. The number of carbonyl (C=O) groups is 1. The van der Waals surface area contributed by atoms with Crippen LogP contribution in [0.5, 0.6) is 0 Å². The molecule has 1 aliphatic heterocycles. The molecule has 3 rings (SSSR count). The molecule has 164 valence electrons. The lowest BCUT2D eigenvalue weighted by atomic mass is 9.88. The molecule has 0 aliphatic carbocycles.